The third-order valence-corrected chi connectivity index (χ3v) is 5.44. The summed E-state index contributed by atoms with van der Waals surface area (Å²) in [4.78, 5) is 29.6. The second-order valence-electron chi connectivity index (χ2n) is 7.62. The molecule has 2 amide bonds. The van der Waals surface area contributed by atoms with E-state index in [-0.39, 0.29) is 11.9 Å². The van der Waals surface area contributed by atoms with Gasteiger partial charge in [-0.2, -0.15) is 5.10 Å². The van der Waals surface area contributed by atoms with Crippen LogP contribution in [0.4, 0.5) is 5.95 Å². The number of carbonyl (C=O) groups is 2. The molecule has 162 valence electrons. The van der Waals surface area contributed by atoms with Crippen molar-refractivity contribution in [3.8, 4) is 5.75 Å². The number of imidazole rings is 1. The van der Waals surface area contributed by atoms with Crippen LogP contribution in [0.1, 0.15) is 58.8 Å². The van der Waals surface area contributed by atoms with Crippen LogP contribution in [0.3, 0.4) is 0 Å². The standard InChI is InChI=1S/C22H26N6O3/c1-4-7-15-8-6-9-31-18-12-14(20(23)29)11-16-19(18)28(15)22(24-16)25-21(30)17-10-13(3)26-27(17)5-2/h4,10-12,15H,1,5-9H2,2-3H3,(H2,23,29)(H,24,25,30). The topological polar surface area (TPSA) is 117 Å². The lowest BCUT2D eigenvalue weighted by atomic mass is 10.1. The summed E-state index contributed by atoms with van der Waals surface area (Å²) in [6, 6.07) is 5.05. The minimum atomic E-state index is -0.561. The van der Waals surface area contributed by atoms with Gasteiger partial charge in [-0.05, 0) is 51.3 Å². The lowest BCUT2D eigenvalue weighted by Gasteiger charge is -2.24. The Morgan fingerprint density at radius 2 is 2.19 bits per heavy atom. The molecule has 3 heterocycles. The first-order valence-corrected chi connectivity index (χ1v) is 10.4. The van der Waals surface area contributed by atoms with E-state index in [0.29, 0.717) is 48.0 Å². The maximum atomic E-state index is 13.1. The lowest BCUT2D eigenvalue weighted by Crippen LogP contribution is -2.22. The number of primary amides is 1. The van der Waals surface area contributed by atoms with Crippen molar-refractivity contribution in [2.45, 2.75) is 45.7 Å². The number of ether oxygens (including phenoxy) is 1. The van der Waals surface area contributed by atoms with Crippen LogP contribution in [0, 0.1) is 6.92 Å². The third-order valence-electron chi connectivity index (χ3n) is 5.44. The highest BCUT2D eigenvalue weighted by Crippen LogP contribution is 2.37. The maximum Gasteiger partial charge on any atom is 0.276 e. The Labute approximate surface area is 179 Å². The highest BCUT2D eigenvalue weighted by Gasteiger charge is 2.26. The Morgan fingerprint density at radius 3 is 2.90 bits per heavy atom. The van der Waals surface area contributed by atoms with Crippen molar-refractivity contribution in [2.24, 2.45) is 5.73 Å². The van der Waals surface area contributed by atoms with E-state index in [1.807, 2.05) is 24.5 Å². The fraction of sp³-hybridized carbons (Fsp3) is 0.364. The average Bonchev–Trinajstić information content (AvgIpc) is 3.28. The summed E-state index contributed by atoms with van der Waals surface area (Å²) >= 11 is 0. The van der Waals surface area contributed by atoms with Gasteiger partial charge in [0.05, 0.1) is 17.8 Å². The summed E-state index contributed by atoms with van der Waals surface area (Å²) in [5.74, 6) is 0.0594. The first kappa shape index (κ1) is 20.6. The molecule has 0 spiro atoms. The van der Waals surface area contributed by atoms with Crippen LogP contribution in [0.2, 0.25) is 0 Å². The van der Waals surface area contributed by atoms with Gasteiger partial charge in [0.25, 0.3) is 5.91 Å². The molecule has 0 aliphatic carbocycles. The van der Waals surface area contributed by atoms with Gasteiger partial charge in [0.1, 0.15) is 17.0 Å². The zero-order valence-corrected chi connectivity index (χ0v) is 17.7. The second kappa shape index (κ2) is 8.25. The van der Waals surface area contributed by atoms with Crippen molar-refractivity contribution in [3.63, 3.8) is 0 Å². The van der Waals surface area contributed by atoms with Gasteiger partial charge in [-0.15, -0.1) is 6.58 Å². The quantitative estimate of drug-likeness (QED) is 0.592. The number of amides is 2. The number of rotatable bonds is 6. The van der Waals surface area contributed by atoms with Crippen LogP contribution >= 0.6 is 0 Å². The minimum absolute atomic E-state index is 0.0395. The van der Waals surface area contributed by atoms with Gasteiger partial charge in [-0.1, -0.05) is 6.08 Å². The maximum absolute atomic E-state index is 13.1. The van der Waals surface area contributed by atoms with Gasteiger partial charge in [0, 0.05) is 18.2 Å². The lowest BCUT2D eigenvalue weighted by molar-refractivity contribution is 0.0995. The number of aryl methyl sites for hydroxylation is 2. The molecule has 3 aromatic rings. The van der Waals surface area contributed by atoms with Gasteiger partial charge in [0.2, 0.25) is 11.9 Å². The Hall–Kier alpha value is -3.62. The molecule has 4 rings (SSSR count). The SMILES string of the molecule is C=CCC1CCCOc2cc(C(N)=O)cc3nc(NC(=O)c4cc(C)nn4CC)n1c23. The minimum Gasteiger partial charge on any atom is -0.491 e. The Kier molecular flexibility index (Phi) is 5.50. The van der Waals surface area contributed by atoms with E-state index < -0.39 is 5.91 Å². The predicted molar refractivity (Wildman–Crippen MR) is 117 cm³/mol. The molecule has 1 atom stereocenters. The fourth-order valence-electron chi connectivity index (χ4n) is 4.07. The fourth-order valence-corrected chi connectivity index (χ4v) is 4.07. The van der Waals surface area contributed by atoms with Gasteiger partial charge in [-0.3, -0.25) is 19.6 Å². The van der Waals surface area contributed by atoms with Gasteiger partial charge < -0.3 is 15.0 Å². The predicted octanol–water partition coefficient (Wildman–Crippen LogP) is 3.20. The summed E-state index contributed by atoms with van der Waals surface area (Å²) in [6.45, 7) is 8.76. The molecule has 1 unspecified atom stereocenters. The third kappa shape index (κ3) is 3.78. The number of hydrogen-bond acceptors (Lipinski definition) is 5. The zero-order chi connectivity index (χ0) is 22.1. The number of nitrogens with zero attached hydrogens (tertiary/aromatic N) is 4. The normalized spacial score (nSPS) is 15.7. The largest absolute Gasteiger partial charge is 0.491 e. The van der Waals surface area contributed by atoms with E-state index in [9.17, 15) is 9.59 Å². The van der Waals surface area contributed by atoms with Gasteiger partial charge in [0.15, 0.2) is 0 Å². The van der Waals surface area contributed by atoms with Crippen molar-refractivity contribution >= 4 is 28.8 Å². The Morgan fingerprint density at radius 1 is 1.39 bits per heavy atom. The number of allylic oxidation sites excluding steroid dienone is 1. The number of nitrogens with one attached hydrogen (secondary N) is 1. The van der Waals surface area contributed by atoms with Crippen molar-refractivity contribution in [1.82, 2.24) is 19.3 Å². The monoisotopic (exact) mass is 422 g/mol. The molecule has 31 heavy (non-hydrogen) atoms. The zero-order valence-electron chi connectivity index (χ0n) is 17.7. The molecule has 2 aromatic heterocycles. The molecule has 1 aliphatic rings. The summed E-state index contributed by atoms with van der Waals surface area (Å²) in [5, 5.41) is 7.30. The van der Waals surface area contributed by atoms with Crippen LogP contribution in [-0.4, -0.2) is 37.8 Å². The molecule has 9 heteroatoms. The molecule has 0 bridgehead atoms. The van der Waals surface area contributed by atoms with E-state index >= 15 is 0 Å². The molecule has 0 saturated heterocycles. The molecule has 1 aromatic carbocycles. The van der Waals surface area contributed by atoms with E-state index in [1.54, 1.807) is 22.9 Å². The number of carbonyl (C=O) groups excluding carboxylic acids is 2. The number of aromatic nitrogens is 4. The summed E-state index contributed by atoms with van der Waals surface area (Å²) in [7, 11) is 0. The molecule has 0 radical (unpaired) electrons. The molecular formula is C22H26N6O3. The number of hydrogen-bond donors (Lipinski definition) is 2. The second-order valence-corrected chi connectivity index (χ2v) is 7.62. The average molecular weight is 422 g/mol. The molecule has 0 fully saturated rings. The highest BCUT2D eigenvalue weighted by atomic mass is 16.5. The van der Waals surface area contributed by atoms with E-state index in [1.165, 1.54) is 0 Å². The summed E-state index contributed by atoms with van der Waals surface area (Å²) < 4.78 is 9.57. The first-order chi connectivity index (χ1) is 14.9. The smallest absolute Gasteiger partial charge is 0.276 e. The van der Waals surface area contributed by atoms with Crippen molar-refractivity contribution in [1.29, 1.82) is 0 Å². The van der Waals surface area contributed by atoms with Crippen molar-refractivity contribution < 1.29 is 14.3 Å². The van der Waals surface area contributed by atoms with Crippen LogP contribution in [0.25, 0.3) is 11.0 Å². The molecule has 9 nitrogen and oxygen atoms in total. The number of nitrogens with two attached hydrogens (primary N) is 1. The molecule has 0 saturated carbocycles. The molecule has 3 N–H and O–H groups in total. The first-order valence-electron chi connectivity index (χ1n) is 10.4. The molecular weight excluding hydrogens is 396 g/mol. The number of benzene rings is 1. The molecule has 1 aliphatic heterocycles. The van der Waals surface area contributed by atoms with Crippen LogP contribution in [0.15, 0.2) is 30.9 Å². The van der Waals surface area contributed by atoms with Gasteiger partial charge in [-0.25, -0.2) is 4.98 Å². The Bertz CT molecular complexity index is 1180. The van der Waals surface area contributed by atoms with Crippen molar-refractivity contribution in [2.75, 3.05) is 11.9 Å². The van der Waals surface area contributed by atoms with Crippen LogP contribution < -0.4 is 15.8 Å². The van der Waals surface area contributed by atoms with E-state index in [0.717, 1.165) is 24.1 Å². The highest BCUT2D eigenvalue weighted by molar-refractivity contribution is 6.04. The summed E-state index contributed by atoms with van der Waals surface area (Å²) in [6.07, 6.45) is 4.21. The van der Waals surface area contributed by atoms with E-state index in [2.05, 4.69) is 22.0 Å². The van der Waals surface area contributed by atoms with Gasteiger partial charge >= 0.3 is 0 Å². The van der Waals surface area contributed by atoms with Crippen LogP contribution in [-0.2, 0) is 6.54 Å². The Balaban J connectivity index is 1.87. The summed E-state index contributed by atoms with van der Waals surface area (Å²) in [5.41, 5.74) is 8.31. The van der Waals surface area contributed by atoms with Crippen molar-refractivity contribution in [3.05, 3.63) is 47.8 Å². The van der Waals surface area contributed by atoms with E-state index in [4.69, 9.17) is 10.5 Å². The number of anilines is 1. The van der Waals surface area contributed by atoms with Crippen LogP contribution in [0.5, 0.6) is 5.75 Å².